The fourth-order valence-corrected chi connectivity index (χ4v) is 2.44. The predicted molar refractivity (Wildman–Crippen MR) is 74.8 cm³/mol. The standard InChI is InChI=1S/C13H22N2O2S/c1-5-17-10(2)13(16)14-8-12(15(3)4)11-6-7-18-9-11/h6-7,9-10,12H,5,8H2,1-4H3,(H,14,16)/t10-,12-/m0/s1. The van der Waals surface area contributed by atoms with Gasteiger partial charge in [0.2, 0.25) is 5.91 Å². The normalized spacial score (nSPS) is 14.5. The molecule has 0 unspecified atom stereocenters. The lowest BCUT2D eigenvalue weighted by atomic mass is 10.1. The number of nitrogens with zero attached hydrogens (tertiary/aromatic N) is 1. The molecule has 5 heteroatoms. The molecule has 0 aliphatic rings. The Balaban J connectivity index is 2.51. The Morgan fingerprint density at radius 3 is 2.78 bits per heavy atom. The highest BCUT2D eigenvalue weighted by atomic mass is 32.1. The highest BCUT2D eigenvalue weighted by molar-refractivity contribution is 7.07. The van der Waals surface area contributed by atoms with Crippen LogP contribution in [0.2, 0.25) is 0 Å². The van der Waals surface area contributed by atoms with E-state index < -0.39 is 0 Å². The van der Waals surface area contributed by atoms with E-state index in [2.05, 4.69) is 27.0 Å². The van der Waals surface area contributed by atoms with Crippen molar-refractivity contribution in [3.8, 4) is 0 Å². The van der Waals surface area contributed by atoms with Crippen LogP contribution in [0.15, 0.2) is 16.8 Å². The number of likely N-dealkylation sites (N-methyl/N-ethyl adjacent to an activating group) is 1. The van der Waals surface area contributed by atoms with Crippen molar-refractivity contribution in [3.05, 3.63) is 22.4 Å². The number of hydrogen-bond acceptors (Lipinski definition) is 4. The van der Waals surface area contributed by atoms with Crippen molar-refractivity contribution in [3.63, 3.8) is 0 Å². The average Bonchev–Trinajstić information content (AvgIpc) is 2.82. The first-order chi connectivity index (χ1) is 8.56. The van der Waals surface area contributed by atoms with Crippen molar-refractivity contribution in [2.24, 2.45) is 0 Å². The summed E-state index contributed by atoms with van der Waals surface area (Å²) >= 11 is 1.67. The molecule has 2 atom stereocenters. The lowest BCUT2D eigenvalue weighted by Gasteiger charge is -2.24. The number of hydrogen-bond donors (Lipinski definition) is 1. The molecule has 0 saturated carbocycles. The molecule has 0 aliphatic heterocycles. The van der Waals surface area contributed by atoms with Gasteiger partial charge in [-0.05, 0) is 50.3 Å². The van der Waals surface area contributed by atoms with Crippen molar-refractivity contribution in [1.82, 2.24) is 10.2 Å². The minimum Gasteiger partial charge on any atom is -0.369 e. The Kier molecular flexibility index (Phi) is 6.32. The van der Waals surface area contributed by atoms with Crippen molar-refractivity contribution < 1.29 is 9.53 Å². The maximum absolute atomic E-state index is 11.8. The molecule has 0 spiro atoms. The van der Waals surface area contributed by atoms with Crippen LogP contribution in [0.5, 0.6) is 0 Å². The van der Waals surface area contributed by atoms with Gasteiger partial charge in [0.05, 0.1) is 6.04 Å². The molecule has 4 nitrogen and oxygen atoms in total. The van der Waals surface area contributed by atoms with E-state index in [1.165, 1.54) is 5.56 Å². The fraction of sp³-hybridized carbons (Fsp3) is 0.615. The molecule has 0 radical (unpaired) electrons. The van der Waals surface area contributed by atoms with Gasteiger partial charge in [0, 0.05) is 13.2 Å². The van der Waals surface area contributed by atoms with Gasteiger partial charge in [-0.1, -0.05) is 0 Å². The number of rotatable bonds is 7. The van der Waals surface area contributed by atoms with Gasteiger partial charge in [0.1, 0.15) is 6.10 Å². The molecule has 1 rings (SSSR count). The van der Waals surface area contributed by atoms with Crippen LogP contribution in [0.3, 0.4) is 0 Å². The van der Waals surface area contributed by atoms with Crippen molar-refractivity contribution >= 4 is 17.2 Å². The molecule has 1 heterocycles. The molecule has 0 fully saturated rings. The van der Waals surface area contributed by atoms with Crippen LogP contribution in [0.1, 0.15) is 25.5 Å². The molecule has 1 N–H and O–H groups in total. The minimum absolute atomic E-state index is 0.0565. The Morgan fingerprint density at radius 2 is 2.28 bits per heavy atom. The second kappa shape index (κ2) is 7.51. The van der Waals surface area contributed by atoms with E-state index >= 15 is 0 Å². The molecule has 1 aromatic heterocycles. The number of amides is 1. The van der Waals surface area contributed by atoms with Crippen LogP contribution in [0, 0.1) is 0 Å². The van der Waals surface area contributed by atoms with E-state index in [4.69, 9.17) is 4.74 Å². The molecule has 1 aromatic rings. The zero-order valence-corrected chi connectivity index (χ0v) is 12.3. The first-order valence-corrected chi connectivity index (χ1v) is 7.08. The number of carbonyl (C=O) groups excluding carboxylic acids is 1. The highest BCUT2D eigenvalue weighted by Crippen LogP contribution is 2.19. The van der Waals surface area contributed by atoms with Gasteiger partial charge >= 0.3 is 0 Å². The van der Waals surface area contributed by atoms with E-state index in [9.17, 15) is 4.79 Å². The Labute approximate surface area is 113 Å². The molecule has 0 saturated heterocycles. The summed E-state index contributed by atoms with van der Waals surface area (Å²) in [5, 5.41) is 7.10. The van der Waals surface area contributed by atoms with Crippen molar-refractivity contribution in [2.45, 2.75) is 26.0 Å². The van der Waals surface area contributed by atoms with Crippen LogP contribution in [-0.2, 0) is 9.53 Å². The number of ether oxygens (including phenoxy) is 1. The fourth-order valence-electron chi connectivity index (χ4n) is 1.73. The van der Waals surface area contributed by atoms with E-state index in [0.29, 0.717) is 13.2 Å². The average molecular weight is 270 g/mol. The Bertz CT molecular complexity index is 352. The summed E-state index contributed by atoms with van der Waals surface area (Å²) in [4.78, 5) is 13.9. The van der Waals surface area contributed by atoms with Gasteiger partial charge in [0.25, 0.3) is 0 Å². The molecular weight excluding hydrogens is 248 g/mol. The summed E-state index contributed by atoms with van der Waals surface area (Å²) in [5.74, 6) is -0.0565. The summed E-state index contributed by atoms with van der Waals surface area (Å²) in [5.41, 5.74) is 1.23. The zero-order valence-electron chi connectivity index (χ0n) is 11.5. The quantitative estimate of drug-likeness (QED) is 0.822. The molecule has 18 heavy (non-hydrogen) atoms. The molecule has 1 amide bonds. The van der Waals surface area contributed by atoms with Gasteiger partial charge in [0.15, 0.2) is 0 Å². The Morgan fingerprint density at radius 1 is 1.56 bits per heavy atom. The first kappa shape index (κ1) is 15.1. The molecule has 102 valence electrons. The van der Waals surface area contributed by atoms with Crippen LogP contribution < -0.4 is 5.32 Å². The van der Waals surface area contributed by atoms with E-state index in [1.807, 2.05) is 21.0 Å². The van der Waals surface area contributed by atoms with Crippen LogP contribution >= 0.6 is 11.3 Å². The van der Waals surface area contributed by atoms with Gasteiger partial charge in [-0.25, -0.2) is 0 Å². The lowest BCUT2D eigenvalue weighted by molar-refractivity contribution is -0.131. The minimum atomic E-state index is -0.389. The summed E-state index contributed by atoms with van der Waals surface area (Å²) in [6, 6.07) is 2.29. The topological polar surface area (TPSA) is 41.6 Å². The Hall–Kier alpha value is -0.910. The SMILES string of the molecule is CCO[C@@H](C)C(=O)NC[C@@H](c1ccsc1)N(C)C. The third-order valence-corrected chi connectivity index (χ3v) is 3.51. The molecule has 0 aromatic carbocycles. The van der Waals surface area contributed by atoms with Crippen LogP contribution in [0.25, 0.3) is 0 Å². The number of thiophene rings is 1. The van der Waals surface area contributed by atoms with Crippen LogP contribution in [0.4, 0.5) is 0 Å². The lowest BCUT2D eigenvalue weighted by Crippen LogP contribution is -2.39. The first-order valence-electron chi connectivity index (χ1n) is 6.14. The monoisotopic (exact) mass is 270 g/mol. The molecule has 0 aliphatic carbocycles. The van der Waals surface area contributed by atoms with Gasteiger partial charge in [-0.2, -0.15) is 11.3 Å². The van der Waals surface area contributed by atoms with Gasteiger partial charge in [-0.15, -0.1) is 0 Å². The maximum atomic E-state index is 11.8. The van der Waals surface area contributed by atoms with Crippen molar-refractivity contribution in [2.75, 3.05) is 27.2 Å². The van der Waals surface area contributed by atoms with E-state index in [0.717, 1.165) is 0 Å². The smallest absolute Gasteiger partial charge is 0.248 e. The summed E-state index contributed by atoms with van der Waals surface area (Å²) < 4.78 is 5.26. The second-order valence-corrected chi connectivity index (χ2v) is 5.16. The third-order valence-electron chi connectivity index (χ3n) is 2.81. The predicted octanol–water partition coefficient (Wildman–Crippen LogP) is 1.89. The molecular formula is C13H22N2O2S. The van der Waals surface area contributed by atoms with E-state index in [-0.39, 0.29) is 18.1 Å². The molecule has 0 bridgehead atoms. The van der Waals surface area contributed by atoms with Crippen molar-refractivity contribution in [1.29, 1.82) is 0 Å². The summed E-state index contributed by atoms with van der Waals surface area (Å²) in [6.07, 6.45) is -0.389. The summed E-state index contributed by atoms with van der Waals surface area (Å²) in [7, 11) is 4.03. The maximum Gasteiger partial charge on any atom is 0.248 e. The van der Waals surface area contributed by atoms with Gasteiger partial charge < -0.3 is 15.0 Å². The second-order valence-electron chi connectivity index (χ2n) is 4.38. The largest absolute Gasteiger partial charge is 0.369 e. The van der Waals surface area contributed by atoms with Gasteiger partial charge in [-0.3, -0.25) is 4.79 Å². The van der Waals surface area contributed by atoms with Crippen LogP contribution in [-0.4, -0.2) is 44.2 Å². The number of carbonyl (C=O) groups is 1. The third kappa shape index (κ3) is 4.40. The number of nitrogens with one attached hydrogen (secondary N) is 1. The summed E-state index contributed by atoms with van der Waals surface area (Å²) in [6.45, 7) is 4.81. The zero-order chi connectivity index (χ0) is 13.5. The highest BCUT2D eigenvalue weighted by Gasteiger charge is 2.18. The van der Waals surface area contributed by atoms with E-state index in [1.54, 1.807) is 18.3 Å².